The number of benzene rings is 5. The average molecular weight is 877 g/mol. The summed E-state index contributed by atoms with van der Waals surface area (Å²) < 4.78 is 18.8. The van der Waals surface area contributed by atoms with Gasteiger partial charge in [0, 0.05) is 40.3 Å². The number of fused-ring (bicyclic) bond motifs is 2. The van der Waals surface area contributed by atoms with Gasteiger partial charge in [-0.05, 0) is 83.4 Å². The molecule has 7 rings (SSSR count). The number of nitrogens with one attached hydrogen (secondary N) is 1. The Kier molecular flexibility index (Phi) is 12.4. The normalized spacial score (nSPS) is 19.7. The minimum absolute atomic E-state index is 0.0444. The van der Waals surface area contributed by atoms with Crippen LogP contribution in [-0.2, 0) is 33.0 Å². The number of anilines is 2. The van der Waals surface area contributed by atoms with Crippen LogP contribution in [-0.4, -0.2) is 69.3 Å². The van der Waals surface area contributed by atoms with Crippen LogP contribution in [0, 0.1) is 5.92 Å². The average Bonchev–Trinajstić information content (AvgIpc) is 3.66. The zero-order chi connectivity index (χ0) is 41.9. The number of hydrogen-bond donors (Lipinski definition) is 2. The van der Waals surface area contributed by atoms with E-state index < -0.39 is 19.8 Å². The van der Waals surface area contributed by atoms with Crippen LogP contribution in [0.2, 0.25) is 18.6 Å². The second-order valence-corrected chi connectivity index (χ2v) is 21.4. The van der Waals surface area contributed by atoms with E-state index in [0.717, 1.165) is 37.8 Å². The molecule has 12 heteroatoms. The third kappa shape index (κ3) is 8.32. The highest BCUT2D eigenvalue weighted by Crippen LogP contribution is 2.60. The van der Waals surface area contributed by atoms with Crippen molar-refractivity contribution >= 4 is 58.3 Å². The first kappa shape index (κ1) is 41.9. The lowest BCUT2D eigenvalue weighted by Crippen LogP contribution is -2.52. The molecule has 3 amide bonds. The highest BCUT2D eigenvalue weighted by atomic mass is 79.9. The Labute approximate surface area is 355 Å². The van der Waals surface area contributed by atoms with Crippen LogP contribution in [0.25, 0.3) is 0 Å². The fourth-order valence-corrected chi connectivity index (χ4v) is 13.4. The largest absolute Gasteiger partial charge is 0.497 e. The number of aliphatic hydroxyl groups is 1. The molecule has 0 unspecified atom stereocenters. The molecule has 4 atom stereocenters. The number of amides is 3. The number of hydrogen-bond acceptors (Lipinski definition) is 7. The zero-order valence-electron chi connectivity index (χ0n) is 34.0. The van der Waals surface area contributed by atoms with E-state index in [9.17, 15) is 14.7 Å². The van der Waals surface area contributed by atoms with Crippen LogP contribution >= 0.6 is 15.9 Å². The first-order valence-electron chi connectivity index (χ1n) is 19.8. The van der Waals surface area contributed by atoms with Crippen LogP contribution in [0.5, 0.6) is 11.5 Å². The highest BCUT2D eigenvalue weighted by Gasteiger charge is 2.66. The lowest BCUT2D eigenvalue weighted by Gasteiger charge is -2.37. The fraction of sp³-hybridized carbons (Fsp3) is 0.298. The van der Waals surface area contributed by atoms with Crippen molar-refractivity contribution < 1.29 is 33.7 Å². The summed E-state index contributed by atoms with van der Waals surface area (Å²) in [7, 11) is 0.678. The van der Waals surface area contributed by atoms with Crippen molar-refractivity contribution in [2.24, 2.45) is 5.92 Å². The zero-order valence-corrected chi connectivity index (χ0v) is 36.6. The van der Waals surface area contributed by atoms with Crippen LogP contribution in [0.1, 0.15) is 40.4 Å². The number of carbonyl (C=O) groups is 3. The highest BCUT2D eigenvalue weighted by molar-refractivity contribution is 9.10. The molecule has 10 nitrogen and oxygen atoms in total. The van der Waals surface area contributed by atoms with E-state index in [1.807, 2.05) is 84.9 Å². The Morgan fingerprint density at radius 3 is 2.20 bits per heavy atom. The first-order valence-corrected chi connectivity index (χ1v) is 23.7. The number of nitrogens with zero attached hydrogens (tertiary/aromatic N) is 2. The van der Waals surface area contributed by atoms with E-state index in [2.05, 4.69) is 53.4 Å². The van der Waals surface area contributed by atoms with Crippen molar-refractivity contribution in [1.29, 1.82) is 0 Å². The van der Waals surface area contributed by atoms with Crippen LogP contribution in [0.3, 0.4) is 0 Å². The minimum Gasteiger partial charge on any atom is -0.497 e. The molecule has 1 fully saturated rings. The number of ether oxygens (including phenoxy) is 3. The molecular weight excluding hydrogens is 827 g/mol. The van der Waals surface area contributed by atoms with E-state index in [1.54, 1.807) is 48.3 Å². The summed E-state index contributed by atoms with van der Waals surface area (Å²) in [6, 6.07) is 38.1. The SMILES string of the molecule is COc1ccc(C(=O)Nc2cccc(CN3C(=O)[C@@]4(O[C@@H](CC(=O)N(CCO)Cc5ccccc5)[C@H]([Si](C)(C)c5ccc(OC)cc5)[C@H]4C)c4cc(Br)ccc43)c2)cc1. The number of carbonyl (C=O) groups excluding carboxylic acids is 3. The second-order valence-electron chi connectivity index (χ2n) is 15.8. The summed E-state index contributed by atoms with van der Waals surface area (Å²) >= 11 is 3.69. The van der Waals surface area contributed by atoms with Crippen LogP contribution in [0.4, 0.5) is 11.4 Å². The van der Waals surface area contributed by atoms with Crippen LogP contribution in [0.15, 0.2) is 126 Å². The van der Waals surface area contributed by atoms with Gasteiger partial charge in [0.15, 0.2) is 5.60 Å². The summed E-state index contributed by atoms with van der Waals surface area (Å²) in [6.07, 6.45) is -0.562. The molecule has 0 aliphatic carbocycles. The summed E-state index contributed by atoms with van der Waals surface area (Å²) in [6.45, 7) is 7.25. The summed E-state index contributed by atoms with van der Waals surface area (Å²) in [5.41, 5.74) is 2.80. The Bertz CT molecular complexity index is 2310. The van der Waals surface area contributed by atoms with Crippen LogP contribution < -0.4 is 24.9 Å². The van der Waals surface area contributed by atoms with Gasteiger partial charge in [-0.25, -0.2) is 0 Å². The molecule has 0 bridgehead atoms. The van der Waals surface area contributed by atoms with E-state index >= 15 is 4.79 Å². The Morgan fingerprint density at radius 1 is 0.881 bits per heavy atom. The predicted molar refractivity (Wildman–Crippen MR) is 236 cm³/mol. The van der Waals surface area contributed by atoms with Gasteiger partial charge in [-0.2, -0.15) is 0 Å². The molecule has 1 saturated heterocycles. The number of rotatable bonds is 14. The molecule has 2 heterocycles. The molecule has 5 aromatic carbocycles. The molecule has 1 spiro atoms. The van der Waals surface area contributed by atoms with E-state index in [4.69, 9.17) is 14.2 Å². The summed E-state index contributed by atoms with van der Waals surface area (Å²) in [5, 5.41) is 14.2. The Balaban J connectivity index is 1.23. The van der Waals surface area contributed by atoms with Gasteiger partial charge in [0.1, 0.15) is 11.5 Å². The quantitative estimate of drug-likeness (QED) is 0.109. The van der Waals surface area contributed by atoms with Gasteiger partial charge in [-0.15, -0.1) is 0 Å². The summed E-state index contributed by atoms with van der Waals surface area (Å²) in [5.74, 6) is 0.481. The van der Waals surface area contributed by atoms with Crippen molar-refractivity contribution in [3.05, 3.63) is 148 Å². The maximum atomic E-state index is 15.4. The third-order valence-electron chi connectivity index (χ3n) is 12.0. The monoisotopic (exact) mass is 875 g/mol. The maximum Gasteiger partial charge on any atom is 0.264 e. The molecule has 59 heavy (non-hydrogen) atoms. The molecule has 5 aromatic rings. The van der Waals surface area contributed by atoms with Crippen molar-refractivity contribution in [1.82, 2.24) is 4.90 Å². The fourth-order valence-electron chi connectivity index (χ4n) is 9.04. The third-order valence-corrected chi connectivity index (χ3v) is 16.8. The van der Waals surface area contributed by atoms with Gasteiger partial charge in [-0.1, -0.05) is 95.7 Å². The van der Waals surface area contributed by atoms with Crippen molar-refractivity contribution in [3.63, 3.8) is 0 Å². The number of aliphatic hydroxyl groups excluding tert-OH is 1. The molecule has 0 saturated carbocycles. The van der Waals surface area contributed by atoms with Gasteiger partial charge < -0.3 is 34.4 Å². The second kappa shape index (κ2) is 17.5. The Morgan fingerprint density at radius 2 is 1.54 bits per heavy atom. The number of methoxy groups -OCH3 is 2. The predicted octanol–water partition coefficient (Wildman–Crippen LogP) is 7.89. The minimum atomic E-state index is -2.54. The van der Waals surface area contributed by atoms with Crippen molar-refractivity contribution in [3.8, 4) is 11.5 Å². The van der Waals surface area contributed by atoms with Gasteiger partial charge in [-0.3, -0.25) is 14.4 Å². The van der Waals surface area contributed by atoms with E-state index in [1.165, 1.54) is 0 Å². The van der Waals surface area contributed by atoms with E-state index in [0.29, 0.717) is 23.5 Å². The van der Waals surface area contributed by atoms with Crippen molar-refractivity contribution in [2.75, 3.05) is 37.6 Å². The molecular formula is C47H50BrN3O7Si. The van der Waals surface area contributed by atoms with Crippen molar-refractivity contribution in [2.45, 2.75) is 56.8 Å². The molecule has 0 radical (unpaired) electrons. The molecule has 2 aliphatic heterocycles. The van der Waals surface area contributed by atoms with E-state index in [-0.39, 0.29) is 55.3 Å². The lowest BCUT2D eigenvalue weighted by molar-refractivity contribution is -0.150. The van der Waals surface area contributed by atoms with Gasteiger partial charge >= 0.3 is 0 Å². The van der Waals surface area contributed by atoms with Gasteiger partial charge in [0.2, 0.25) is 5.91 Å². The van der Waals surface area contributed by atoms with Gasteiger partial charge in [0.05, 0.1) is 53.7 Å². The Hall–Kier alpha value is -5.27. The smallest absolute Gasteiger partial charge is 0.264 e. The molecule has 0 aromatic heterocycles. The first-order chi connectivity index (χ1) is 28.4. The molecule has 2 aliphatic rings. The maximum absolute atomic E-state index is 15.4. The summed E-state index contributed by atoms with van der Waals surface area (Å²) in [4.78, 5) is 46.4. The number of halogens is 1. The molecule has 306 valence electrons. The lowest BCUT2D eigenvalue weighted by atomic mass is 9.82. The standard InChI is InChI=1S/C47H50BrN3O7Si/c1-31-44(59(4,5)39-21-19-38(57-3)20-22-39)42(28-43(53)50(24-25-52)29-32-10-7-6-8-11-32)58-47(31)40-27-35(48)16-23-41(40)51(46(47)55)30-33-12-9-13-36(26-33)49-45(54)34-14-17-37(56-2)18-15-34/h6-23,26-27,31,42,44,52H,24-25,28-30H2,1-5H3,(H,49,54)/t31-,42+,44-,47+/m1/s1. The topological polar surface area (TPSA) is 118 Å². The van der Waals surface area contributed by atoms with Gasteiger partial charge in [0.25, 0.3) is 11.8 Å². The molecule has 2 N–H and O–H groups in total.